The van der Waals surface area contributed by atoms with Crippen LogP contribution in [0.5, 0.6) is 0 Å². The molecular weight excluding hydrogens is 292 g/mol. The van der Waals surface area contributed by atoms with Crippen LogP contribution in [0.2, 0.25) is 0 Å². The number of likely N-dealkylation sites (N-methyl/N-ethyl adjacent to an activating group) is 1. The molecule has 0 heterocycles. The Kier molecular flexibility index (Phi) is 6.37. The number of hydrogen-bond acceptors (Lipinski definition) is 4. The number of amides is 1. The number of nitrogens with one attached hydrogen (secondary N) is 1. The monoisotopic (exact) mass is 310 g/mol. The summed E-state index contributed by atoms with van der Waals surface area (Å²) in [5, 5.41) is 8.90. The maximum atomic E-state index is 12.1. The minimum atomic E-state index is -3.66. The molecule has 0 atom stereocenters. The minimum absolute atomic E-state index is 0.0412. The van der Waals surface area contributed by atoms with Crippen LogP contribution in [-0.4, -0.2) is 50.6 Å². The summed E-state index contributed by atoms with van der Waals surface area (Å²) in [7, 11) is -3.66. The zero-order valence-electron chi connectivity index (χ0n) is 11.7. The van der Waals surface area contributed by atoms with E-state index in [-0.39, 0.29) is 30.5 Å². The van der Waals surface area contributed by atoms with E-state index in [0.717, 1.165) is 0 Å². The molecule has 7 heteroatoms. The predicted molar refractivity (Wildman–Crippen MR) is 79.1 cm³/mol. The van der Waals surface area contributed by atoms with E-state index in [0.29, 0.717) is 12.1 Å². The van der Waals surface area contributed by atoms with Gasteiger partial charge in [-0.05, 0) is 31.2 Å². The quantitative estimate of drug-likeness (QED) is 0.697. The van der Waals surface area contributed by atoms with Crippen molar-refractivity contribution in [3.8, 4) is 12.3 Å². The van der Waals surface area contributed by atoms with Crippen molar-refractivity contribution in [3.05, 3.63) is 29.8 Å². The Morgan fingerprint density at radius 1 is 1.38 bits per heavy atom. The molecule has 0 radical (unpaired) electrons. The summed E-state index contributed by atoms with van der Waals surface area (Å²) >= 11 is 0. The number of carbonyl (C=O) groups excluding carboxylic acids is 1. The second-order valence-electron chi connectivity index (χ2n) is 4.16. The van der Waals surface area contributed by atoms with E-state index in [2.05, 4.69) is 10.6 Å². The Hall–Kier alpha value is -1.88. The Morgan fingerprint density at radius 3 is 2.48 bits per heavy atom. The molecule has 0 bridgehead atoms. The molecule has 2 N–H and O–H groups in total. The number of nitrogens with zero attached hydrogens (tertiary/aromatic N) is 1. The second-order valence-corrected chi connectivity index (χ2v) is 5.93. The summed E-state index contributed by atoms with van der Waals surface area (Å²) in [5.74, 6) is 1.93. The van der Waals surface area contributed by atoms with Crippen LogP contribution in [0.15, 0.2) is 29.2 Å². The van der Waals surface area contributed by atoms with Gasteiger partial charge in [0.1, 0.15) is 0 Å². The second kappa shape index (κ2) is 7.78. The number of benzene rings is 1. The van der Waals surface area contributed by atoms with Gasteiger partial charge >= 0.3 is 0 Å². The summed E-state index contributed by atoms with van der Waals surface area (Å²) in [6.07, 6.45) is 5.01. The first-order chi connectivity index (χ1) is 9.96. The lowest BCUT2D eigenvalue weighted by atomic mass is 10.2. The summed E-state index contributed by atoms with van der Waals surface area (Å²) in [5.41, 5.74) is 0.362. The fourth-order valence-electron chi connectivity index (χ4n) is 1.70. The van der Waals surface area contributed by atoms with Crippen molar-refractivity contribution in [1.29, 1.82) is 0 Å². The molecule has 6 nitrogen and oxygen atoms in total. The van der Waals surface area contributed by atoms with Gasteiger partial charge in [0.05, 0.1) is 18.0 Å². The van der Waals surface area contributed by atoms with Gasteiger partial charge in [0.25, 0.3) is 5.91 Å². The summed E-state index contributed by atoms with van der Waals surface area (Å²) in [6, 6.07) is 5.57. The van der Waals surface area contributed by atoms with E-state index in [1.54, 1.807) is 6.92 Å². The molecule has 0 saturated carbocycles. The third-order valence-corrected chi connectivity index (χ3v) is 4.23. The van der Waals surface area contributed by atoms with E-state index in [1.807, 2.05) is 0 Å². The largest absolute Gasteiger partial charge is 0.395 e. The highest BCUT2D eigenvalue weighted by Gasteiger charge is 2.16. The molecule has 1 rings (SSSR count). The van der Waals surface area contributed by atoms with Gasteiger partial charge in [0.15, 0.2) is 0 Å². The summed E-state index contributed by atoms with van der Waals surface area (Å²) in [4.78, 5) is 13.6. The van der Waals surface area contributed by atoms with Crippen LogP contribution >= 0.6 is 0 Å². The standard InChI is InChI=1S/C14H18N2O4S/c1-3-9-15-21(19,20)13-7-5-12(6-8-13)14(18)16(4-2)10-11-17/h1,5-8,15,17H,4,9-11H2,2H3. The third kappa shape index (κ3) is 4.56. The number of hydrogen-bond donors (Lipinski definition) is 2. The van der Waals surface area contributed by atoms with Gasteiger partial charge in [-0.2, -0.15) is 4.72 Å². The Bertz CT molecular complexity index is 617. The van der Waals surface area contributed by atoms with E-state index >= 15 is 0 Å². The van der Waals surface area contributed by atoms with Crippen molar-refractivity contribution < 1.29 is 18.3 Å². The number of rotatable bonds is 7. The molecular formula is C14H18N2O4S. The maximum absolute atomic E-state index is 12.1. The van der Waals surface area contributed by atoms with Crippen LogP contribution < -0.4 is 4.72 Å². The van der Waals surface area contributed by atoms with Gasteiger partial charge in [0, 0.05) is 18.7 Å². The highest BCUT2D eigenvalue weighted by atomic mass is 32.2. The third-order valence-electron chi connectivity index (χ3n) is 2.81. The van der Waals surface area contributed by atoms with Crippen molar-refractivity contribution in [2.24, 2.45) is 0 Å². The molecule has 0 aliphatic carbocycles. The highest BCUT2D eigenvalue weighted by Crippen LogP contribution is 2.12. The zero-order chi connectivity index (χ0) is 15.9. The Balaban J connectivity index is 2.92. The fraction of sp³-hybridized carbons (Fsp3) is 0.357. The smallest absolute Gasteiger partial charge is 0.253 e. The van der Waals surface area contributed by atoms with Crippen molar-refractivity contribution in [2.75, 3.05) is 26.2 Å². The molecule has 0 aromatic heterocycles. The molecule has 21 heavy (non-hydrogen) atoms. The van der Waals surface area contributed by atoms with Crippen LogP contribution in [0.4, 0.5) is 0 Å². The first-order valence-electron chi connectivity index (χ1n) is 6.39. The lowest BCUT2D eigenvalue weighted by Gasteiger charge is -2.19. The SMILES string of the molecule is C#CCNS(=O)(=O)c1ccc(C(=O)N(CC)CCO)cc1. The lowest BCUT2D eigenvalue weighted by Crippen LogP contribution is -2.33. The Morgan fingerprint density at radius 2 is 2.00 bits per heavy atom. The zero-order valence-corrected chi connectivity index (χ0v) is 12.6. The number of aliphatic hydroxyl groups is 1. The van der Waals surface area contributed by atoms with Crippen LogP contribution in [0, 0.1) is 12.3 Å². The van der Waals surface area contributed by atoms with Gasteiger partial charge in [-0.1, -0.05) is 5.92 Å². The predicted octanol–water partition coefficient (Wildman–Crippen LogP) is 0.0525. The van der Waals surface area contributed by atoms with Gasteiger partial charge < -0.3 is 10.0 Å². The number of sulfonamides is 1. The lowest BCUT2D eigenvalue weighted by molar-refractivity contribution is 0.0732. The molecule has 0 aliphatic rings. The van der Waals surface area contributed by atoms with Gasteiger partial charge in [-0.15, -0.1) is 6.42 Å². The van der Waals surface area contributed by atoms with E-state index < -0.39 is 10.0 Å². The van der Waals surface area contributed by atoms with Gasteiger partial charge in [-0.3, -0.25) is 4.79 Å². The highest BCUT2D eigenvalue weighted by molar-refractivity contribution is 7.89. The van der Waals surface area contributed by atoms with Crippen LogP contribution in [0.3, 0.4) is 0 Å². The minimum Gasteiger partial charge on any atom is -0.395 e. The fourth-order valence-corrected chi connectivity index (χ4v) is 2.64. The first-order valence-corrected chi connectivity index (χ1v) is 7.88. The molecule has 1 amide bonds. The normalized spacial score (nSPS) is 10.9. The van der Waals surface area contributed by atoms with Crippen LogP contribution in [-0.2, 0) is 10.0 Å². The van der Waals surface area contributed by atoms with E-state index in [1.165, 1.54) is 29.2 Å². The molecule has 0 aliphatic heterocycles. The summed E-state index contributed by atoms with van der Waals surface area (Å²) < 4.78 is 25.9. The van der Waals surface area contributed by atoms with Crippen molar-refractivity contribution in [1.82, 2.24) is 9.62 Å². The topological polar surface area (TPSA) is 86.7 Å². The average Bonchev–Trinajstić information content (AvgIpc) is 2.50. The van der Waals surface area contributed by atoms with Crippen molar-refractivity contribution in [3.63, 3.8) is 0 Å². The molecule has 114 valence electrons. The van der Waals surface area contributed by atoms with Gasteiger partial charge in [0.2, 0.25) is 10.0 Å². The average molecular weight is 310 g/mol. The number of carbonyl (C=O) groups is 1. The number of aliphatic hydroxyl groups excluding tert-OH is 1. The van der Waals surface area contributed by atoms with Crippen molar-refractivity contribution in [2.45, 2.75) is 11.8 Å². The first kappa shape index (κ1) is 17.2. The van der Waals surface area contributed by atoms with E-state index in [9.17, 15) is 13.2 Å². The molecule has 1 aromatic carbocycles. The molecule has 0 fully saturated rings. The van der Waals surface area contributed by atoms with Gasteiger partial charge in [-0.25, -0.2) is 8.42 Å². The molecule has 0 saturated heterocycles. The molecule has 0 unspecified atom stereocenters. The summed E-state index contributed by atoms with van der Waals surface area (Å²) in [6.45, 7) is 2.28. The molecule has 0 spiro atoms. The van der Waals surface area contributed by atoms with Crippen LogP contribution in [0.25, 0.3) is 0 Å². The molecule has 1 aromatic rings. The number of terminal acetylenes is 1. The Labute approximate surface area is 124 Å². The maximum Gasteiger partial charge on any atom is 0.253 e. The van der Waals surface area contributed by atoms with Crippen LogP contribution in [0.1, 0.15) is 17.3 Å². The van der Waals surface area contributed by atoms with Crippen molar-refractivity contribution >= 4 is 15.9 Å². The van der Waals surface area contributed by atoms with E-state index in [4.69, 9.17) is 11.5 Å².